The van der Waals surface area contributed by atoms with Crippen molar-refractivity contribution in [1.29, 1.82) is 0 Å². The molecule has 20 nitrogen and oxygen atoms in total. The quantitative estimate of drug-likeness (QED) is 0.100. The lowest BCUT2D eigenvalue weighted by molar-refractivity contribution is -0.385. The Morgan fingerprint density at radius 3 is 2.07 bits per heavy atom. The molecular formula is C23H39NO19. The van der Waals surface area contributed by atoms with Gasteiger partial charge in [-0.1, -0.05) is 0 Å². The Labute approximate surface area is 243 Å². The van der Waals surface area contributed by atoms with Crippen LogP contribution in [0.3, 0.4) is 0 Å². The van der Waals surface area contributed by atoms with Crippen LogP contribution in [-0.4, -0.2) is 191 Å². The molecule has 16 atom stereocenters. The first-order valence-electron chi connectivity index (χ1n) is 13.2. The molecule has 3 aliphatic heterocycles. The average molecular weight is 634 g/mol. The number of aliphatic hydroxyl groups is 11. The molecule has 3 rings (SSSR count). The molecule has 1 amide bonds. The van der Waals surface area contributed by atoms with E-state index in [1.54, 1.807) is 0 Å². The largest absolute Gasteiger partial charge is 0.477 e. The second kappa shape index (κ2) is 14.6. The molecule has 0 aliphatic carbocycles. The normalized spacial score (nSPS) is 45.3. The lowest BCUT2D eigenvalue weighted by Crippen LogP contribution is -2.70. The second-order valence-corrected chi connectivity index (χ2v) is 10.5. The van der Waals surface area contributed by atoms with E-state index in [1.807, 2.05) is 0 Å². The molecule has 0 aromatic carbocycles. The van der Waals surface area contributed by atoms with E-state index >= 15 is 0 Å². The second-order valence-electron chi connectivity index (χ2n) is 10.5. The molecule has 0 radical (unpaired) electrons. The fraction of sp³-hybridized carbons (Fsp3) is 0.913. The molecule has 250 valence electrons. The minimum Gasteiger partial charge on any atom is -0.477 e. The molecular weight excluding hydrogens is 594 g/mol. The predicted molar refractivity (Wildman–Crippen MR) is 130 cm³/mol. The number of rotatable bonds is 11. The van der Waals surface area contributed by atoms with Crippen LogP contribution in [0.2, 0.25) is 0 Å². The smallest absolute Gasteiger partial charge is 0.364 e. The first kappa shape index (κ1) is 35.8. The van der Waals surface area contributed by atoms with E-state index in [-0.39, 0.29) is 0 Å². The summed E-state index contributed by atoms with van der Waals surface area (Å²) in [6, 6.07) is -1.54. The minimum atomic E-state index is -3.02. The minimum absolute atomic E-state index is 0.749. The molecule has 3 saturated heterocycles. The summed E-state index contributed by atoms with van der Waals surface area (Å²) in [4.78, 5) is 24.3. The van der Waals surface area contributed by atoms with Crippen LogP contribution in [0.5, 0.6) is 0 Å². The fourth-order valence-corrected chi connectivity index (χ4v) is 5.16. The summed E-state index contributed by atoms with van der Waals surface area (Å²) in [7, 11) is 0. The van der Waals surface area contributed by atoms with Crippen LogP contribution in [0.1, 0.15) is 13.3 Å². The van der Waals surface area contributed by atoms with Crippen LogP contribution in [0.15, 0.2) is 0 Å². The highest BCUT2D eigenvalue weighted by atomic mass is 16.8. The van der Waals surface area contributed by atoms with Gasteiger partial charge in [0.05, 0.1) is 32.0 Å². The fourth-order valence-electron chi connectivity index (χ4n) is 5.16. The van der Waals surface area contributed by atoms with E-state index in [1.165, 1.54) is 0 Å². The summed E-state index contributed by atoms with van der Waals surface area (Å²) in [5.74, 6) is -5.74. The van der Waals surface area contributed by atoms with Gasteiger partial charge in [0.15, 0.2) is 12.6 Å². The summed E-state index contributed by atoms with van der Waals surface area (Å²) in [5.41, 5.74) is 0. The Morgan fingerprint density at radius 2 is 1.53 bits per heavy atom. The summed E-state index contributed by atoms with van der Waals surface area (Å²) in [6.45, 7) is -1.85. The summed E-state index contributed by atoms with van der Waals surface area (Å²) in [6.07, 6.45) is -27.8. The highest BCUT2D eigenvalue weighted by Crippen LogP contribution is 2.38. The van der Waals surface area contributed by atoms with Crippen LogP contribution in [0.25, 0.3) is 0 Å². The summed E-state index contributed by atoms with van der Waals surface area (Å²) >= 11 is 0. The number of carboxylic acid groups (broad SMARTS) is 1. The molecule has 0 aromatic rings. The van der Waals surface area contributed by atoms with Gasteiger partial charge in [0, 0.05) is 13.3 Å². The molecule has 0 saturated carbocycles. The van der Waals surface area contributed by atoms with Crippen LogP contribution in [0, 0.1) is 0 Å². The SMILES string of the molecule is CC(=O)N[C@H]1[C@H]([C@H](O)[C@H](O)CO)O[C@@](O[C@@H]2[C@H](O)[C@H](O[C@H]3[C@H](O)[C@@H](O)C(O)O[C@@H]3CO)O[C@H](CO)[C@H]2O)(C(=O)O)C[C@@H]1O. The standard InChI is InChI=1S/C23H39NO19/c1-6(28)24-11-7(29)2-23(22(37)38,42-18(11)12(31)8(30)3-25)43-19-13(32)9(4-26)40-21(16(19)35)41-17-10(5-27)39-20(36)15(34)14(17)33/h7-21,25-27,29-36H,2-5H2,1H3,(H,24,28)(H,37,38)/t7-,8+,9+,10+,11+,12+,13+,14+,15+,16-,17+,18+,19-,20?,21-,23-/m0/s1. The van der Waals surface area contributed by atoms with E-state index < -0.39 is 136 Å². The molecule has 0 aromatic heterocycles. The maximum atomic E-state index is 12.5. The van der Waals surface area contributed by atoms with Gasteiger partial charge in [-0.15, -0.1) is 0 Å². The van der Waals surface area contributed by atoms with E-state index in [4.69, 9.17) is 23.7 Å². The molecule has 3 fully saturated rings. The van der Waals surface area contributed by atoms with Crippen molar-refractivity contribution in [3.8, 4) is 0 Å². The average Bonchev–Trinajstić information content (AvgIpc) is 2.96. The zero-order valence-corrected chi connectivity index (χ0v) is 22.7. The number of carboxylic acids is 1. The van der Waals surface area contributed by atoms with Gasteiger partial charge in [-0.2, -0.15) is 0 Å². The van der Waals surface area contributed by atoms with Gasteiger partial charge in [0.25, 0.3) is 5.79 Å². The third-order valence-corrected chi connectivity index (χ3v) is 7.47. The van der Waals surface area contributed by atoms with Crippen LogP contribution in [0.4, 0.5) is 0 Å². The topological polar surface area (TPSA) is 335 Å². The predicted octanol–water partition coefficient (Wildman–Crippen LogP) is -8.22. The Morgan fingerprint density at radius 1 is 0.907 bits per heavy atom. The number of carbonyl (C=O) groups is 2. The van der Waals surface area contributed by atoms with Gasteiger partial charge in [-0.25, -0.2) is 4.79 Å². The van der Waals surface area contributed by atoms with Crippen molar-refractivity contribution in [2.75, 3.05) is 19.8 Å². The Hall–Kier alpha value is -1.70. The number of hydrogen-bond donors (Lipinski definition) is 13. The molecule has 3 aliphatic rings. The molecule has 1 unspecified atom stereocenters. The third-order valence-electron chi connectivity index (χ3n) is 7.47. The maximum Gasteiger partial charge on any atom is 0.364 e. The van der Waals surface area contributed by atoms with Gasteiger partial charge in [0.2, 0.25) is 5.91 Å². The number of aliphatic carboxylic acids is 1. The van der Waals surface area contributed by atoms with E-state index in [0.717, 1.165) is 6.92 Å². The number of amides is 1. The first-order valence-corrected chi connectivity index (χ1v) is 13.2. The van der Waals surface area contributed by atoms with Crippen molar-refractivity contribution < 1.29 is 94.6 Å². The first-order chi connectivity index (χ1) is 20.1. The number of aliphatic hydroxyl groups excluding tert-OH is 11. The van der Waals surface area contributed by atoms with Gasteiger partial charge >= 0.3 is 5.97 Å². The van der Waals surface area contributed by atoms with Crippen molar-refractivity contribution >= 4 is 11.9 Å². The zero-order chi connectivity index (χ0) is 32.4. The van der Waals surface area contributed by atoms with Crippen molar-refractivity contribution in [1.82, 2.24) is 5.32 Å². The Bertz CT molecular complexity index is 942. The third kappa shape index (κ3) is 7.41. The van der Waals surface area contributed by atoms with Gasteiger partial charge in [0.1, 0.15) is 67.1 Å². The number of ether oxygens (including phenoxy) is 5. The van der Waals surface area contributed by atoms with Crippen LogP contribution >= 0.6 is 0 Å². The van der Waals surface area contributed by atoms with Crippen molar-refractivity contribution in [3.05, 3.63) is 0 Å². The molecule has 43 heavy (non-hydrogen) atoms. The Kier molecular flexibility index (Phi) is 12.1. The van der Waals surface area contributed by atoms with Crippen LogP contribution in [-0.2, 0) is 33.3 Å². The highest BCUT2D eigenvalue weighted by Gasteiger charge is 2.60. The maximum absolute atomic E-state index is 12.5. The van der Waals surface area contributed by atoms with Gasteiger partial charge in [-0.3, -0.25) is 4.79 Å². The van der Waals surface area contributed by atoms with E-state index in [9.17, 15) is 70.9 Å². The molecule has 0 spiro atoms. The van der Waals surface area contributed by atoms with Gasteiger partial charge < -0.3 is 90.3 Å². The molecule has 0 bridgehead atoms. The van der Waals surface area contributed by atoms with Gasteiger partial charge in [-0.05, 0) is 0 Å². The van der Waals surface area contributed by atoms with E-state index in [2.05, 4.69) is 5.32 Å². The number of nitrogens with one attached hydrogen (secondary N) is 1. The van der Waals surface area contributed by atoms with Crippen molar-refractivity contribution in [3.63, 3.8) is 0 Å². The van der Waals surface area contributed by atoms with Crippen molar-refractivity contribution in [2.45, 2.75) is 111 Å². The monoisotopic (exact) mass is 633 g/mol. The lowest BCUT2D eigenvalue weighted by atomic mass is 9.88. The van der Waals surface area contributed by atoms with Crippen molar-refractivity contribution in [2.24, 2.45) is 0 Å². The summed E-state index contributed by atoms with van der Waals surface area (Å²) < 4.78 is 26.8. The molecule has 20 heteroatoms. The number of carbonyl (C=O) groups excluding carboxylic acids is 1. The van der Waals surface area contributed by atoms with E-state index in [0.29, 0.717) is 0 Å². The Balaban J connectivity index is 1.94. The zero-order valence-electron chi connectivity index (χ0n) is 22.7. The molecule has 13 N–H and O–H groups in total. The molecule has 3 heterocycles. The summed E-state index contributed by atoms with van der Waals surface area (Å²) in [5, 5.41) is 124. The highest BCUT2D eigenvalue weighted by molar-refractivity contribution is 5.76. The number of hydrogen-bond acceptors (Lipinski definition) is 18. The lowest BCUT2D eigenvalue weighted by Gasteiger charge is -2.50. The van der Waals surface area contributed by atoms with Crippen LogP contribution < -0.4 is 5.32 Å².